The first-order chi connectivity index (χ1) is 9.79. The highest BCUT2D eigenvalue weighted by Crippen LogP contribution is 2.40. The summed E-state index contributed by atoms with van der Waals surface area (Å²) in [7, 11) is 0. The molecule has 0 aliphatic heterocycles. The molecule has 100 valence electrons. The van der Waals surface area contributed by atoms with Gasteiger partial charge in [-0.15, -0.1) is 0 Å². The first-order valence-electron chi connectivity index (χ1n) is 6.51. The van der Waals surface area contributed by atoms with Gasteiger partial charge in [0.1, 0.15) is 5.76 Å². The van der Waals surface area contributed by atoms with E-state index in [0.717, 1.165) is 29.5 Å². The molecule has 1 aliphatic rings. The minimum Gasteiger partial charge on any atom is -0.360 e. The number of nitrogens with zero attached hydrogens (tertiary/aromatic N) is 2. The van der Waals surface area contributed by atoms with Crippen LogP contribution in [0.5, 0.6) is 0 Å². The largest absolute Gasteiger partial charge is 0.360 e. The molecule has 1 amide bonds. The van der Waals surface area contributed by atoms with E-state index < -0.39 is 0 Å². The molecule has 2 N–H and O–H groups in total. The lowest BCUT2D eigenvalue weighted by Gasteiger charge is -2.02. The van der Waals surface area contributed by atoms with Crippen molar-refractivity contribution in [3.8, 4) is 0 Å². The summed E-state index contributed by atoms with van der Waals surface area (Å²) in [4.78, 5) is 12.1. The molecule has 2 aromatic heterocycles. The fourth-order valence-corrected chi connectivity index (χ4v) is 2.17. The fourth-order valence-electron chi connectivity index (χ4n) is 2.17. The van der Waals surface area contributed by atoms with Gasteiger partial charge in [0, 0.05) is 23.1 Å². The van der Waals surface area contributed by atoms with Crippen molar-refractivity contribution in [3.63, 3.8) is 0 Å². The predicted octanol–water partition coefficient (Wildman–Crippen LogP) is 2.68. The van der Waals surface area contributed by atoms with Gasteiger partial charge >= 0.3 is 0 Å². The van der Waals surface area contributed by atoms with Crippen molar-refractivity contribution in [1.29, 1.82) is 0 Å². The first-order valence-corrected chi connectivity index (χ1v) is 6.51. The van der Waals surface area contributed by atoms with E-state index in [0.29, 0.717) is 17.3 Å². The zero-order chi connectivity index (χ0) is 13.5. The molecule has 0 radical (unpaired) electrons. The number of aromatic nitrogens is 3. The number of anilines is 1. The molecule has 0 unspecified atom stereocenters. The Hall–Kier alpha value is -2.63. The second-order valence-corrected chi connectivity index (χ2v) is 5.01. The van der Waals surface area contributed by atoms with Crippen LogP contribution in [0.3, 0.4) is 0 Å². The standard InChI is InChI=1S/C14H12N4O2/c19-14(12-6-13(20-18-12)8-1-2-8)16-10-3-4-11-9(5-10)7-15-17-11/h3-8H,1-2H2,(H,15,17)(H,16,19). The Bertz CT molecular complexity index is 785. The maximum absolute atomic E-state index is 12.1. The second-order valence-electron chi connectivity index (χ2n) is 5.01. The molecule has 20 heavy (non-hydrogen) atoms. The molecule has 1 fully saturated rings. The van der Waals surface area contributed by atoms with Gasteiger partial charge in [0.25, 0.3) is 5.91 Å². The highest BCUT2D eigenvalue weighted by Gasteiger charge is 2.28. The summed E-state index contributed by atoms with van der Waals surface area (Å²) in [5, 5.41) is 14.4. The van der Waals surface area contributed by atoms with Crippen LogP contribution in [0.25, 0.3) is 10.9 Å². The van der Waals surface area contributed by atoms with E-state index in [1.165, 1.54) is 0 Å². The van der Waals surface area contributed by atoms with Gasteiger partial charge in [0.15, 0.2) is 5.69 Å². The second kappa shape index (κ2) is 4.19. The molecule has 0 atom stereocenters. The van der Waals surface area contributed by atoms with Gasteiger partial charge in [-0.25, -0.2) is 0 Å². The van der Waals surface area contributed by atoms with E-state index >= 15 is 0 Å². The van der Waals surface area contributed by atoms with Crippen molar-refractivity contribution in [2.45, 2.75) is 18.8 Å². The number of hydrogen-bond acceptors (Lipinski definition) is 4. The van der Waals surface area contributed by atoms with Gasteiger partial charge in [0.05, 0.1) is 11.7 Å². The highest BCUT2D eigenvalue weighted by molar-refractivity contribution is 6.03. The van der Waals surface area contributed by atoms with Crippen molar-refractivity contribution < 1.29 is 9.32 Å². The third-order valence-electron chi connectivity index (χ3n) is 3.44. The lowest BCUT2D eigenvalue weighted by molar-refractivity contribution is 0.101. The molecule has 0 spiro atoms. The van der Waals surface area contributed by atoms with Crippen molar-refractivity contribution in [2.24, 2.45) is 0 Å². The molecular formula is C14H12N4O2. The number of nitrogens with one attached hydrogen (secondary N) is 2. The maximum Gasteiger partial charge on any atom is 0.277 e. The lowest BCUT2D eigenvalue weighted by atomic mass is 10.2. The molecule has 1 saturated carbocycles. The quantitative estimate of drug-likeness (QED) is 0.764. The number of hydrogen-bond donors (Lipinski definition) is 2. The fraction of sp³-hybridized carbons (Fsp3) is 0.214. The van der Waals surface area contributed by atoms with Crippen LogP contribution in [0, 0.1) is 0 Å². The Kier molecular flexibility index (Phi) is 2.35. The smallest absolute Gasteiger partial charge is 0.277 e. The summed E-state index contributed by atoms with van der Waals surface area (Å²) in [6.07, 6.45) is 3.95. The Labute approximate surface area is 114 Å². The maximum atomic E-state index is 12.1. The summed E-state index contributed by atoms with van der Waals surface area (Å²) >= 11 is 0. The van der Waals surface area contributed by atoms with Crippen molar-refractivity contribution in [2.75, 3.05) is 5.32 Å². The number of aromatic amines is 1. The molecule has 0 bridgehead atoms. The summed E-state index contributed by atoms with van der Waals surface area (Å²) in [6.45, 7) is 0. The molecule has 6 heteroatoms. The molecule has 2 heterocycles. The van der Waals surface area contributed by atoms with Gasteiger partial charge in [-0.1, -0.05) is 5.16 Å². The number of carbonyl (C=O) groups is 1. The molecule has 6 nitrogen and oxygen atoms in total. The van der Waals surface area contributed by atoms with E-state index in [2.05, 4.69) is 20.7 Å². The van der Waals surface area contributed by atoms with Crippen molar-refractivity contribution >= 4 is 22.5 Å². The van der Waals surface area contributed by atoms with Gasteiger partial charge < -0.3 is 9.84 Å². The normalized spacial score (nSPS) is 14.6. The third kappa shape index (κ3) is 1.95. The molecule has 1 aliphatic carbocycles. The van der Waals surface area contributed by atoms with Crippen LogP contribution in [0.4, 0.5) is 5.69 Å². The monoisotopic (exact) mass is 268 g/mol. The van der Waals surface area contributed by atoms with E-state index in [1.807, 2.05) is 18.2 Å². The van der Waals surface area contributed by atoms with E-state index in [-0.39, 0.29) is 5.91 Å². The van der Waals surface area contributed by atoms with Crippen molar-refractivity contribution in [3.05, 3.63) is 41.9 Å². The van der Waals surface area contributed by atoms with Gasteiger partial charge in [0.2, 0.25) is 0 Å². The topological polar surface area (TPSA) is 83.8 Å². The number of benzene rings is 1. The van der Waals surface area contributed by atoms with Crippen LogP contribution in [0.2, 0.25) is 0 Å². The van der Waals surface area contributed by atoms with E-state index in [4.69, 9.17) is 4.52 Å². The Balaban J connectivity index is 1.55. The molecule has 4 rings (SSSR count). The van der Waals surface area contributed by atoms with Gasteiger partial charge in [-0.3, -0.25) is 9.89 Å². The Morgan fingerprint density at radius 3 is 3.10 bits per heavy atom. The summed E-state index contributed by atoms with van der Waals surface area (Å²) in [5.41, 5.74) is 1.96. The minimum atomic E-state index is -0.261. The molecule has 1 aromatic carbocycles. The predicted molar refractivity (Wildman–Crippen MR) is 72.5 cm³/mol. The third-order valence-corrected chi connectivity index (χ3v) is 3.44. The Morgan fingerprint density at radius 1 is 1.35 bits per heavy atom. The number of fused-ring (bicyclic) bond motifs is 1. The van der Waals surface area contributed by atoms with Crippen LogP contribution in [-0.2, 0) is 0 Å². The zero-order valence-corrected chi connectivity index (χ0v) is 10.6. The lowest BCUT2D eigenvalue weighted by Crippen LogP contribution is -2.12. The van der Waals surface area contributed by atoms with Crippen molar-refractivity contribution in [1.82, 2.24) is 15.4 Å². The van der Waals surface area contributed by atoms with Crippen LogP contribution < -0.4 is 5.32 Å². The number of amides is 1. The van der Waals surface area contributed by atoms with E-state index in [9.17, 15) is 4.79 Å². The van der Waals surface area contributed by atoms with Gasteiger partial charge in [-0.2, -0.15) is 5.10 Å². The first kappa shape index (κ1) is 11.2. The van der Waals surface area contributed by atoms with E-state index in [1.54, 1.807) is 12.3 Å². The van der Waals surface area contributed by atoms with Crippen LogP contribution in [0.1, 0.15) is 35.0 Å². The Morgan fingerprint density at radius 2 is 2.25 bits per heavy atom. The minimum absolute atomic E-state index is 0.261. The number of carbonyl (C=O) groups excluding carboxylic acids is 1. The summed E-state index contributed by atoms with van der Waals surface area (Å²) < 4.78 is 5.18. The van der Waals surface area contributed by atoms with Crippen LogP contribution in [-0.4, -0.2) is 21.3 Å². The number of rotatable bonds is 3. The summed E-state index contributed by atoms with van der Waals surface area (Å²) in [6, 6.07) is 7.28. The van der Waals surface area contributed by atoms with Crippen LogP contribution in [0.15, 0.2) is 35.0 Å². The SMILES string of the molecule is O=C(Nc1ccc2[nH]ncc2c1)c1cc(C2CC2)on1. The molecule has 0 saturated heterocycles. The zero-order valence-electron chi connectivity index (χ0n) is 10.6. The summed E-state index contributed by atoms with van der Waals surface area (Å²) in [5.74, 6) is 0.996. The molecular weight excluding hydrogens is 256 g/mol. The highest BCUT2D eigenvalue weighted by atomic mass is 16.5. The average molecular weight is 268 g/mol. The average Bonchev–Trinajstić information content (AvgIpc) is 3.01. The van der Waals surface area contributed by atoms with Crippen LogP contribution >= 0.6 is 0 Å². The van der Waals surface area contributed by atoms with Gasteiger partial charge in [-0.05, 0) is 31.0 Å². The number of H-pyrrole nitrogens is 1. The molecule has 3 aromatic rings.